The number of carbonyl (C=O) groups is 1. The molecular weight excluding hydrogens is 358 g/mol. The third-order valence-electron chi connectivity index (χ3n) is 4.77. The summed E-state index contributed by atoms with van der Waals surface area (Å²) in [7, 11) is 1.82. The standard InChI is InChI=1S/C17H21N5O3.ClH/c1-11-16(17(23)21(2)13-5-6-18-10-13)19-20-22(11)12-3-4-14-15(9-12)25-8-7-24-14;/h3-4,9,13,18H,5-8,10H2,1-2H3;1H. The molecule has 1 saturated heterocycles. The Morgan fingerprint density at radius 1 is 1.31 bits per heavy atom. The fourth-order valence-electron chi connectivity index (χ4n) is 3.24. The van der Waals surface area contributed by atoms with Crippen LogP contribution in [0.5, 0.6) is 11.5 Å². The lowest BCUT2D eigenvalue weighted by molar-refractivity contribution is 0.0737. The molecule has 1 aromatic carbocycles. The van der Waals surface area contributed by atoms with Crippen molar-refractivity contribution in [3.05, 3.63) is 29.6 Å². The molecule has 140 valence electrons. The van der Waals surface area contributed by atoms with Crippen molar-refractivity contribution in [2.75, 3.05) is 33.4 Å². The minimum absolute atomic E-state index is 0. The summed E-state index contributed by atoms with van der Waals surface area (Å²) in [6.45, 7) is 4.68. The van der Waals surface area contributed by atoms with Crippen LogP contribution in [0.3, 0.4) is 0 Å². The Labute approximate surface area is 157 Å². The van der Waals surface area contributed by atoms with Gasteiger partial charge in [-0.25, -0.2) is 4.68 Å². The number of hydrogen-bond donors (Lipinski definition) is 1. The molecule has 8 nitrogen and oxygen atoms in total. The van der Waals surface area contributed by atoms with Crippen LogP contribution in [0, 0.1) is 6.92 Å². The summed E-state index contributed by atoms with van der Waals surface area (Å²) in [6, 6.07) is 5.79. The molecule has 3 heterocycles. The van der Waals surface area contributed by atoms with Gasteiger partial charge in [0.25, 0.3) is 5.91 Å². The van der Waals surface area contributed by atoms with E-state index in [1.165, 1.54) is 0 Å². The molecule has 1 amide bonds. The Hall–Kier alpha value is -2.32. The molecule has 1 unspecified atom stereocenters. The highest BCUT2D eigenvalue weighted by atomic mass is 35.5. The lowest BCUT2D eigenvalue weighted by Gasteiger charge is -2.23. The molecule has 1 aromatic heterocycles. The van der Waals surface area contributed by atoms with Crippen LogP contribution in [0.1, 0.15) is 22.6 Å². The van der Waals surface area contributed by atoms with Crippen molar-refractivity contribution in [2.45, 2.75) is 19.4 Å². The van der Waals surface area contributed by atoms with E-state index in [0.717, 1.165) is 30.9 Å². The minimum atomic E-state index is -0.102. The molecule has 9 heteroatoms. The number of carbonyl (C=O) groups excluding carboxylic acids is 1. The number of fused-ring (bicyclic) bond motifs is 1. The average molecular weight is 380 g/mol. The molecule has 0 radical (unpaired) electrons. The van der Waals surface area contributed by atoms with Crippen LogP contribution in [0.2, 0.25) is 0 Å². The van der Waals surface area contributed by atoms with Crippen LogP contribution < -0.4 is 14.8 Å². The van der Waals surface area contributed by atoms with Crippen molar-refractivity contribution in [1.29, 1.82) is 0 Å². The number of aromatic nitrogens is 3. The van der Waals surface area contributed by atoms with E-state index in [1.54, 1.807) is 9.58 Å². The van der Waals surface area contributed by atoms with Gasteiger partial charge in [-0.1, -0.05) is 5.21 Å². The predicted molar refractivity (Wildman–Crippen MR) is 97.7 cm³/mol. The molecule has 1 atom stereocenters. The van der Waals surface area contributed by atoms with Gasteiger partial charge in [0.2, 0.25) is 0 Å². The van der Waals surface area contributed by atoms with Gasteiger partial charge in [0.15, 0.2) is 17.2 Å². The first-order valence-corrected chi connectivity index (χ1v) is 8.45. The molecule has 0 aliphatic carbocycles. The van der Waals surface area contributed by atoms with E-state index in [1.807, 2.05) is 32.2 Å². The fourth-order valence-corrected chi connectivity index (χ4v) is 3.24. The van der Waals surface area contributed by atoms with Gasteiger partial charge in [-0.3, -0.25) is 4.79 Å². The number of likely N-dealkylation sites (N-methyl/N-ethyl adjacent to an activating group) is 1. The van der Waals surface area contributed by atoms with E-state index in [9.17, 15) is 4.79 Å². The second-order valence-electron chi connectivity index (χ2n) is 6.33. The third-order valence-corrected chi connectivity index (χ3v) is 4.77. The number of benzene rings is 1. The highest BCUT2D eigenvalue weighted by Gasteiger charge is 2.28. The van der Waals surface area contributed by atoms with Crippen molar-refractivity contribution in [3.8, 4) is 17.2 Å². The van der Waals surface area contributed by atoms with Crippen molar-refractivity contribution in [2.24, 2.45) is 0 Å². The van der Waals surface area contributed by atoms with Gasteiger partial charge in [-0.15, -0.1) is 17.5 Å². The van der Waals surface area contributed by atoms with E-state index >= 15 is 0 Å². The molecule has 0 bridgehead atoms. The van der Waals surface area contributed by atoms with Crippen LogP contribution in [0.15, 0.2) is 18.2 Å². The first-order valence-electron chi connectivity index (χ1n) is 8.45. The minimum Gasteiger partial charge on any atom is -0.486 e. The monoisotopic (exact) mass is 379 g/mol. The molecule has 2 aromatic rings. The van der Waals surface area contributed by atoms with E-state index in [0.29, 0.717) is 30.4 Å². The largest absolute Gasteiger partial charge is 0.486 e. The quantitative estimate of drug-likeness (QED) is 0.863. The lowest BCUT2D eigenvalue weighted by atomic mass is 10.2. The highest BCUT2D eigenvalue weighted by molar-refractivity contribution is 5.93. The smallest absolute Gasteiger partial charge is 0.276 e. The number of nitrogens with zero attached hydrogens (tertiary/aromatic N) is 4. The summed E-state index contributed by atoms with van der Waals surface area (Å²) >= 11 is 0. The van der Waals surface area contributed by atoms with E-state index in [4.69, 9.17) is 9.47 Å². The molecule has 0 spiro atoms. The molecule has 4 rings (SSSR count). The summed E-state index contributed by atoms with van der Waals surface area (Å²) in [5.74, 6) is 1.30. The topological polar surface area (TPSA) is 81.5 Å². The van der Waals surface area contributed by atoms with Crippen LogP contribution in [0.4, 0.5) is 0 Å². The second kappa shape index (κ2) is 7.51. The number of ether oxygens (including phenoxy) is 2. The highest BCUT2D eigenvalue weighted by Crippen LogP contribution is 2.32. The summed E-state index contributed by atoms with van der Waals surface area (Å²) in [5, 5.41) is 11.6. The van der Waals surface area contributed by atoms with Gasteiger partial charge in [-0.05, 0) is 32.0 Å². The van der Waals surface area contributed by atoms with E-state index < -0.39 is 0 Å². The summed E-state index contributed by atoms with van der Waals surface area (Å²) in [5.41, 5.74) is 1.88. The third kappa shape index (κ3) is 3.22. The van der Waals surface area contributed by atoms with Crippen LogP contribution in [0.25, 0.3) is 5.69 Å². The molecule has 0 saturated carbocycles. The van der Waals surface area contributed by atoms with Gasteiger partial charge in [0, 0.05) is 25.7 Å². The Kier molecular flexibility index (Phi) is 5.33. The zero-order chi connectivity index (χ0) is 17.4. The average Bonchev–Trinajstić information content (AvgIpc) is 3.30. The van der Waals surface area contributed by atoms with Gasteiger partial charge < -0.3 is 19.7 Å². The number of amides is 1. The number of rotatable bonds is 3. The summed E-state index contributed by atoms with van der Waals surface area (Å²) < 4.78 is 12.8. The second-order valence-corrected chi connectivity index (χ2v) is 6.33. The number of halogens is 1. The molecule has 2 aliphatic heterocycles. The molecule has 1 N–H and O–H groups in total. The van der Waals surface area contributed by atoms with Crippen LogP contribution in [-0.4, -0.2) is 65.2 Å². The van der Waals surface area contributed by atoms with Gasteiger partial charge in [0.1, 0.15) is 13.2 Å². The van der Waals surface area contributed by atoms with Crippen molar-refractivity contribution >= 4 is 18.3 Å². The van der Waals surface area contributed by atoms with Gasteiger partial charge in [0.05, 0.1) is 11.4 Å². The zero-order valence-corrected chi connectivity index (χ0v) is 15.6. The van der Waals surface area contributed by atoms with Crippen LogP contribution >= 0.6 is 12.4 Å². The Balaban J connectivity index is 0.00000196. The normalized spacial score (nSPS) is 18.3. The number of hydrogen-bond acceptors (Lipinski definition) is 6. The van der Waals surface area contributed by atoms with Crippen LogP contribution in [-0.2, 0) is 0 Å². The first kappa shape index (κ1) is 18.5. The predicted octanol–water partition coefficient (Wildman–Crippen LogP) is 1.20. The molecular formula is C17H22ClN5O3. The SMILES string of the molecule is Cc1c(C(=O)N(C)C2CCNC2)nnn1-c1ccc2c(c1)OCCO2.Cl. The molecule has 1 fully saturated rings. The van der Waals surface area contributed by atoms with Gasteiger partial charge >= 0.3 is 0 Å². The zero-order valence-electron chi connectivity index (χ0n) is 14.8. The maximum atomic E-state index is 12.8. The van der Waals surface area contributed by atoms with E-state index in [2.05, 4.69) is 15.6 Å². The molecule has 26 heavy (non-hydrogen) atoms. The first-order chi connectivity index (χ1) is 12.1. The lowest BCUT2D eigenvalue weighted by Crippen LogP contribution is -2.38. The Bertz CT molecular complexity index is 804. The van der Waals surface area contributed by atoms with Crippen molar-refractivity contribution < 1.29 is 14.3 Å². The maximum absolute atomic E-state index is 12.8. The maximum Gasteiger partial charge on any atom is 0.276 e. The molecule has 2 aliphatic rings. The van der Waals surface area contributed by atoms with E-state index in [-0.39, 0.29) is 24.4 Å². The summed E-state index contributed by atoms with van der Waals surface area (Å²) in [6.07, 6.45) is 0.956. The fraction of sp³-hybridized carbons (Fsp3) is 0.471. The Morgan fingerprint density at radius 3 is 2.81 bits per heavy atom. The van der Waals surface area contributed by atoms with Crippen molar-refractivity contribution in [3.63, 3.8) is 0 Å². The number of nitrogens with one attached hydrogen (secondary N) is 1. The van der Waals surface area contributed by atoms with Crippen molar-refractivity contribution in [1.82, 2.24) is 25.2 Å². The van der Waals surface area contributed by atoms with Gasteiger partial charge in [-0.2, -0.15) is 0 Å². The Morgan fingerprint density at radius 2 is 2.08 bits per heavy atom. The summed E-state index contributed by atoms with van der Waals surface area (Å²) in [4.78, 5) is 14.5.